The Kier molecular flexibility index (Phi) is 5.81. The molecular weight excluding hydrogens is 406 g/mol. The first kappa shape index (κ1) is 23.0. The molecule has 1 unspecified atom stereocenters. The SMILES string of the molecule is Cc1cc(C(C)c2ccc(-n3nc4ccccc4n3)cc2)c(O)c(C(C)(C)CC(C)(C)C)c1. The zero-order valence-electron chi connectivity index (χ0n) is 20.8. The quantitative estimate of drug-likeness (QED) is 0.353. The zero-order valence-corrected chi connectivity index (χ0v) is 20.8. The number of fused-ring (bicyclic) bond motifs is 1. The fraction of sp³-hybridized carbons (Fsp3) is 0.379. The van der Waals surface area contributed by atoms with Crippen LogP contribution >= 0.6 is 0 Å². The maximum absolute atomic E-state index is 11.4. The number of aryl methyl sites for hydroxylation is 1. The van der Waals surface area contributed by atoms with Crippen molar-refractivity contribution in [2.24, 2.45) is 5.41 Å². The van der Waals surface area contributed by atoms with Gasteiger partial charge in [0.05, 0.1) is 5.69 Å². The summed E-state index contributed by atoms with van der Waals surface area (Å²) in [6.45, 7) is 15.5. The third-order valence-electron chi connectivity index (χ3n) is 6.36. The van der Waals surface area contributed by atoms with Crippen molar-refractivity contribution in [2.75, 3.05) is 0 Å². The average Bonchev–Trinajstić information content (AvgIpc) is 3.17. The Morgan fingerprint density at radius 2 is 1.45 bits per heavy atom. The molecular formula is C29H35N3O. The van der Waals surface area contributed by atoms with Crippen LogP contribution in [0.5, 0.6) is 5.75 Å². The number of hydrogen-bond donors (Lipinski definition) is 1. The second-order valence-electron chi connectivity index (χ2n) is 11.2. The highest BCUT2D eigenvalue weighted by molar-refractivity contribution is 5.73. The molecule has 0 saturated heterocycles. The van der Waals surface area contributed by atoms with E-state index in [2.05, 4.69) is 82.9 Å². The summed E-state index contributed by atoms with van der Waals surface area (Å²) >= 11 is 0. The van der Waals surface area contributed by atoms with Crippen molar-refractivity contribution in [3.05, 3.63) is 82.9 Å². The van der Waals surface area contributed by atoms with Crippen molar-refractivity contribution >= 4 is 11.0 Å². The molecule has 0 aliphatic rings. The summed E-state index contributed by atoms with van der Waals surface area (Å²) in [5, 5.41) is 20.5. The van der Waals surface area contributed by atoms with E-state index in [1.165, 1.54) is 5.56 Å². The second-order valence-corrected chi connectivity index (χ2v) is 11.2. The number of benzene rings is 3. The third-order valence-corrected chi connectivity index (χ3v) is 6.36. The summed E-state index contributed by atoms with van der Waals surface area (Å²) in [6.07, 6.45) is 0.991. The predicted octanol–water partition coefficient (Wildman–Crippen LogP) is 7.30. The summed E-state index contributed by atoms with van der Waals surface area (Å²) < 4.78 is 0. The topological polar surface area (TPSA) is 50.9 Å². The maximum atomic E-state index is 11.4. The summed E-state index contributed by atoms with van der Waals surface area (Å²) in [6, 6.07) is 20.4. The van der Waals surface area contributed by atoms with E-state index >= 15 is 0 Å². The van der Waals surface area contributed by atoms with Gasteiger partial charge in [-0.15, -0.1) is 10.2 Å². The molecule has 0 fully saturated rings. The van der Waals surface area contributed by atoms with Crippen LogP contribution in [0.2, 0.25) is 0 Å². The Balaban J connectivity index is 1.66. The lowest BCUT2D eigenvalue weighted by Crippen LogP contribution is -2.25. The zero-order chi connectivity index (χ0) is 24.0. The van der Waals surface area contributed by atoms with E-state index in [1.54, 1.807) is 4.80 Å². The van der Waals surface area contributed by atoms with Gasteiger partial charge in [-0.2, -0.15) is 4.80 Å². The molecule has 0 aliphatic carbocycles. The van der Waals surface area contributed by atoms with Crippen LogP contribution in [0.4, 0.5) is 0 Å². The van der Waals surface area contributed by atoms with Crippen LogP contribution in [0, 0.1) is 12.3 Å². The van der Waals surface area contributed by atoms with Crippen LogP contribution in [0.1, 0.15) is 76.1 Å². The van der Waals surface area contributed by atoms with Crippen LogP contribution in [-0.4, -0.2) is 20.1 Å². The first-order chi connectivity index (χ1) is 15.4. The number of nitrogens with zero attached hydrogens (tertiary/aromatic N) is 3. The number of aromatic hydroxyl groups is 1. The molecule has 0 radical (unpaired) electrons. The molecule has 1 aromatic heterocycles. The number of hydrogen-bond acceptors (Lipinski definition) is 3. The van der Waals surface area contributed by atoms with Gasteiger partial charge in [0.25, 0.3) is 0 Å². The lowest BCUT2D eigenvalue weighted by atomic mass is 9.71. The van der Waals surface area contributed by atoms with Gasteiger partial charge in [0.15, 0.2) is 0 Å². The Hall–Kier alpha value is -3.14. The maximum Gasteiger partial charge on any atom is 0.123 e. The average molecular weight is 442 g/mol. The molecule has 1 heterocycles. The van der Waals surface area contributed by atoms with Gasteiger partial charge >= 0.3 is 0 Å². The van der Waals surface area contributed by atoms with Crippen LogP contribution < -0.4 is 0 Å². The molecule has 0 saturated carbocycles. The molecule has 4 heteroatoms. The number of phenolic OH excluding ortho intramolecular Hbond substituents is 1. The van der Waals surface area contributed by atoms with Crippen molar-refractivity contribution < 1.29 is 5.11 Å². The Morgan fingerprint density at radius 3 is 2.00 bits per heavy atom. The molecule has 1 atom stereocenters. The minimum atomic E-state index is -0.125. The second kappa shape index (κ2) is 8.33. The van der Waals surface area contributed by atoms with Crippen molar-refractivity contribution in [3.63, 3.8) is 0 Å². The largest absolute Gasteiger partial charge is 0.507 e. The Bertz CT molecular complexity index is 1240. The molecule has 0 bridgehead atoms. The predicted molar refractivity (Wildman–Crippen MR) is 136 cm³/mol. The first-order valence-electron chi connectivity index (χ1n) is 11.7. The van der Waals surface area contributed by atoms with E-state index in [0.29, 0.717) is 5.75 Å². The van der Waals surface area contributed by atoms with Gasteiger partial charge in [-0.1, -0.05) is 83.5 Å². The smallest absolute Gasteiger partial charge is 0.123 e. The van der Waals surface area contributed by atoms with Gasteiger partial charge in [0, 0.05) is 17.0 Å². The summed E-state index contributed by atoms with van der Waals surface area (Å²) in [7, 11) is 0. The molecule has 172 valence electrons. The van der Waals surface area contributed by atoms with Gasteiger partial charge in [-0.25, -0.2) is 0 Å². The van der Waals surface area contributed by atoms with Crippen molar-refractivity contribution in [2.45, 2.75) is 66.2 Å². The Labute approximate surface area is 197 Å². The van der Waals surface area contributed by atoms with E-state index in [9.17, 15) is 5.11 Å². The van der Waals surface area contributed by atoms with Gasteiger partial charge in [0.1, 0.15) is 16.8 Å². The number of phenols is 1. The molecule has 0 amide bonds. The fourth-order valence-corrected chi connectivity index (χ4v) is 5.12. The van der Waals surface area contributed by atoms with Crippen LogP contribution in [0.15, 0.2) is 60.7 Å². The van der Waals surface area contributed by atoms with Crippen LogP contribution in [-0.2, 0) is 5.41 Å². The highest BCUT2D eigenvalue weighted by Crippen LogP contribution is 2.44. The van der Waals surface area contributed by atoms with Crippen LogP contribution in [0.25, 0.3) is 16.7 Å². The van der Waals surface area contributed by atoms with E-state index in [-0.39, 0.29) is 16.7 Å². The monoisotopic (exact) mass is 441 g/mol. The minimum Gasteiger partial charge on any atom is -0.507 e. The molecule has 0 spiro atoms. The van der Waals surface area contributed by atoms with Gasteiger partial charge in [-0.3, -0.25) is 0 Å². The fourth-order valence-electron chi connectivity index (χ4n) is 5.12. The molecule has 3 aromatic carbocycles. The molecule has 0 aliphatic heterocycles. The molecule has 4 nitrogen and oxygen atoms in total. The van der Waals surface area contributed by atoms with Gasteiger partial charge in [-0.05, 0) is 54.0 Å². The molecule has 4 rings (SSSR count). The molecule has 1 N–H and O–H groups in total. The summed E-state index contributed by atoms with van der Waals surface area (Å²) in [5.41, 5.74) is 7.06. The van der Waals surface area contributed by atoms with Crippen molar-refractivity contribution in [1.82, 2.24) is 15.0 Å². The summed E-state index contributed by atoms with van der Waals surface area (Å²) in [4.78, 5) is 1.68. The van der Waals surface area contributed by atoms with Crippen molar-refractivity contribution in [3.8, 4) is 11.4 Å². The highest BCUT2D eigenvalue weighted by Gasteiger charge is 2.31. The number of rotatable bonds is 5. The minimum absolute atomic E-state index is 0.0628. The lowest BCUT2D eigenvalue weighted by Gasteiger charge is -2.34. The van der Waals surface area contributed by atoms with Crippen LogP contribution in [0.3, 0.4) is 0 Å². The lowest BCUT2D eigenvalue weighted by molar-refractivity contribution is 0.278. The molecule has 33 heavy (non-hydrogen) atoms. The van der Waals surface area contributed by atoms with E-state index in [1.807, 2.05) is 36.4 Å². The third kappa shape index (κ3) is 4.80. The Morgan fingerprint density at radius 1 is 0.879 bits per heavy atom. The van der Waals surface area contributed by atoms with E-state index in [4.69, 9.17) is 0 Å². The van der Waals surface area contributed by atoms with Crippen molar-refractivity contribution in [1.29, 1.82) is 0 Å². The van der Waals surface area contributed by atoms with Gasteiger partial charge < -0.3 is 5.11 Å². The van der Waals surface area contributed by atoms with E-state index in [0.717, 1.165) is 39.8 Å². The van der Waals surface area contributed by atoms with E-state index < -0.39 is 0 Å². The number of aromatic nitrogens is 3. The highest BCUT2D eigenvalue weighted by atomic mass is 16.3. The first-order valence-corrected chi connectivity index (χ1v) is 11.7. The normalized spacial score (nSPS) is 13.4. The van der Waals surface area contributed by atoms with Gasteiger partial charge in [0.2, 0.25) is 0 Å². The summed E-state index contributed by atoms with van der Waals surface area (Å²) in [5.74, 6) is 0.485. The standard InChI is InChI=1S/C29H35N3O/c1-19-16-23(27(33)24(17-19)29(6,7)18-28(3,4)5)20(2)21-12-14-22(15-13-21)32-30-25-10-8-9-11-26(25)31-32/h8-17,20,33H,18H2,1-7H3. The molecule has 4 aromatic rings.